The van der Waals surface area contributed by atoms with Crippen molar-refractivity contribution in [3.8, 4) is 0 Å². The monoisotopic (exact) mass is 329 g/mol. The van der Waals surface area contributed by atoms with E-state index in [2.05, 4.69) is 21.2 Å². The molecule has 1 N–H and O–H groups in total. The molecule has 5 heteroatoms. The van der Waals surface area contributed by atoms with Crippen LogP contribution in [0.4, 0.5) is 4.39 Å². The normalized spacial score (nSPS) is 16.2. The maximum absolute atomic E-state index is 13.3. The number of hydrogen-bond acceptors (Lipinski definition) is 3. The highest BCUT2D eigenvalue weighted by Gasteiger charge is 2.27. The predicted molar refractivity (Wildman–Crippen MR) is 74.2 cm³/mol. The topological polar surface area (TPSA) is 38.3 Å². The van der Waals surface area contributed by atoms with Gasteiger partial charge in [0, 0.05) is 0 Å². The molecule has 0 aliphatic heterocycles. The molecule has 1 atom stereocenters. The Kier molecular flexibility index (Phi) is 4.93. The molecular weight excluding hydrogens is 313 g/mol. The van der Waals surface area contributed by atoms with E-state index in [-0.39, 0.29) is 11.8 Å². The second kappa shape index (κ2) is 6.48. The van der Waals surface area contributed by atoms with Gasteiger partial charge in [0.25, 0.3) is 0 Å². The Morgan fingerprint density at radius 1 is 1.58 bits per heavy atom. The Bertz CT molecular complexity index is 463. The van der Waals surface area contributed by atoms with E-state index in [9.17, 15) is 9.18 Å². The van der Waals surface area contributed by atoms with Crippen molar-refractivity contribution in [3.05, 3.63) is 34.1 Å². The second-order valence-electron chi connectivity index (χ2n) is 4.71. The van der Waals surface area contributed by atoms with Crippen LogP contribution in [-0.4, -0.2) is 19.1 Å². The minimum atomic E-state index is -0.530. The number of hydrogen-bond donors (Lipinski definition) is 1. The third-order valence-corrected chi connectivity index (χ3v) is 3.71. The van der Waals surface area contributed by atoms with Gasteiger partial charge < -0.3 is 10.1 Å². The van der Waals surface area contributed by atoms with Gasteiger partial charge in [-0.15, -0.1) is 0 Å². The third kappa shape index (κ3) is 4.01. The van der Waals surface area contributed by atoms with Gasteiger partial charge in [-0.2, -0.15) is 0 Å². The fourth-order valence-electron chi connectivity index (χ4n) is 1.86. The molecule has 1 aromatic rings. The number of rotatable bonds is 6. The molecule has 1 unspecified atom stereocenters. The summed E-state index contributed by atoms with van der Waals surface area (Å²) in [5, 5.41) is 3.21. The highest BCUT2D eigenvalue weighted by Crippen LogP contribution is 2.29. The molecule has 1 aliphatic carbocycles. The Balaban J connectivity index is 2.13. The van der Waals surface area contributed by atoms with Crippen molar-refractivity contribution in [2.24, 2.45) is 5.92 Å². The molecule has 0 aromatic heterocycles. The largest absolute Gasteiger partial charge is 0.465 e. The summed E-state index contributed by atoms with van der Waals surface area (Å²) in [6.07, 6.45) is 2.41. The van der Waals surface area contributed by atoms with Gasteiger partial charge in [0.15, 0.2) is 0 Å². The summed E-state index contributed by atoms with van der Waals surface area (Å²) < 4.78 is 18.7. The van der Waals surface area contributed by atoms with Gasteiger partial charge in [0.05, 0.1) is 11.1 Å². The van der Waals surface area contributed by atoms with Crippen LogP contribution < -0.4 is 5.32 Å². The molecule has 1 aliphatic rings. The summed E-state index contributed by atoms with van der Waals surface area (Å²) in [7, 11) is 0. The number of benzene rings is 1. The van der Waals surface area contributed by atoms with Gasteiger partial charge in [0.1, 0.15) is 11.9 Å². The quantitative estimate of drug-likeness (QED) is 0.814. The molecule has 3 nitrogen and oxygen atoms in total. The van der Waals surface area contributed by atoms with E-state index < -0.39 is 6.04 Å². The Labute approximate surface area is 120 Å². The molecule has 0 saturated heterocycles. The standard InChI is InChI=1S/C14H17BrFNO2/c1-2-19-14(18)13(17-8-9-3-4-9)10-5-6-12(16)11(15)7-10/h5-7,9,13,17H,2-4,8H2,1H3. The molecule has 0 spiro atoms. The van der Waals surface area contributed by atoms with Crippen molar-refractivity contribution >= 4 is 21.9 Å². The Hall–Kier alpha value is -0.940. The van der Waals surface area contributed by atoms with Crippen LogP contribution in [0.2, 0.25) is 0 Å². The van der Waals surface area contributed by atoms with E-state index in [1.807, 2.05) is 0 Å². The highest BCUT2D eigenvalue weighted by molar-refractivity contribution is 9.10. The van der Waals surface area contributed by atoms with Crippen LogP contribution in [0.1, 0.15) is 31.4 Å². The molecule has 0 amide bonds. The maximum Gasteiger partial charge on any atom is 0.327 e. The lowest BCUT2D eigenvalue weighted by Gasteiger charge is -2.18. The molecule has 1 fully saturated rings. The van der Waals surface area contributed by atoms with Crippen LogP contribution in [0.3, 0.4) is 0 Å². The number of nitrogens with one attached hydrogen (secondary N) is 1. The maximum atomic E-state index is 13.3. The van der Waals surface area contributed by atoms with Gasteiger partial charge in [-0.1, -0.05) is 6.07 Å². The number of ether oxygens (including phenoxy) is 1. The number of esters is 1. The predicted octanol–water partition coefficient (Wildman–Crippen LogP) is 3.19. The lowest BCUT2D eigenvalue weighted by molar-refractivity contribution is -0.145. The van der Waals surface area contributed by atoms with Crippen molar-refractivity contribution in [3.63, 3.8) is 0 Å². The Morgan fingerprint density at radius 2 is 2.32 bits per heavy atom. The van der Waals surface area contributed by atoms with Crippen LogP contribution in [0, 0.1) is 11.7 Å². The van der Waals surface area contributed by atoms with Crippen molar-refractivity contribution < 1.29 is 13.9 Å². The van der Waals surface area contributed by atoms with Crippen molar-refractivity contribution in [1.82, 2.24) is 5.32 Å². The first-order valence-electron chi connectivity index (χ1n) is 6.46. The van der Waals surface area contributed by atoms with Crippen molar-refractivity contribution in [2.75, 3.05) is 13.2 Å². The van der Waals surface area contributed by atoms with Crippen molar-refractivity contribution in [1.29, 1.82) is 0 Å². The fourth-order valence-corrected chi connectivity index (χ4v) is 2.26. The van der Waals surface area contributed by atoms with E-state index in [0.717, 1.165) is 6.54 Å². The molecule has 104 valence electrons. The molecule has 19 heavy (non-hydrogen) atoms. The molecular formula is C14H17BrFNO2. The summed E-state index contributed by atoms with van der Waals surface area (Å²) >= 11 is 3.14. The first-order valence-corrected chi connectivity index (χ1v) is 7.26. The van der Waals surface area contributed by atoms with E-state index >= 15 is 0 Å². The highest BCUT2D eigenvalue weighted by atomic mass is 79.9. The molecule has 1 saturated carbocycles. The average Bonchev–Trinajstić information content (AvgIpc) is 3.18. The van der Waals surface area contributed by atoms with Crippen LogP contribution in [0.15, 0.2) is 22.7 Å². The van der Waals surface area contributed by atoms with E-state index in [0.29, 0.717) is 22.6 Å². The molecule has 0 heterocycles. The number of halogens is 2. The summed E-state index contributed by atoms with van der Waals surface area (Å²) in [4.78, 5) is 12.0. The van der Waals surface area contributed by atoms with Crippen LogP contribution in [0.25, 0.3) is 0 Å². The van der Waals surface area contributed by atoms with Gasteiger partial charge in [-0.3, -0.25) is 0 Å². The van der Waals surface area contributed by atoms with Gasteiger partial charge in [-0.05, 0) is 65.9 Å². The average molecular weight is 330 g/mol. The zero-order chi connectivity index (χ0) is 13.8. The van der Waals surface area contributed by atoms with Gasteiger partial charge in [-0.25, -0.2) is 9.18 Å². The zero-order valence-electron chi connectivity index (χ0n) is 10.8. The van der Waals surface area contributed by atoms with Crippen LogP contribution >= 0.6 is 15.9 Å². The van der Waals surface area contributed by atoms with Crippen molar-refractivity contribution in [2.45, 2.75) is 25.8 Å². The first-order chi connectivity index (χ1) is 9.11. The Morgan fingerprint density at radius 3 is 2.89 bits per heavy atom. The summed E-state index contributed by atoms with van der Waals surface area (Å²) in [5.41, 5.74) is 0.715. The first kappa shape index (κ1) is 14.5. The second-order valence-corrected chi connectivity index (χ2v) is 5.56. The van der Waals surface area contributed by atoms with E-state index in [1.54, 1.807) is 19.1 Å². The van der Waals surface area contributed by atoms with Crippen LogP contribution in [0.5, 0.6) is 0 Å². The van der Waals surface area contributed by atoms with Gasteiger partial charge in [0.2, 0.25) is 0 Å². The summed E-state index contributed by atoms with van der Waals surface area (Å²) in [6.45, 7) is 2.90. The summed E-state index contributed by atoms with van der Waals surface area (Å²) in [5.74, 6) is -0.00368. The number of carbonyl (C=O) groups is 1. The zero-order valence-corrected chi connectivity index (χ0v) is 12.4. The minimum Gasteiger partial charge on any atom is -0.465 e. The number of carbonyl (C=O) groups excluding carboxylic acids is 1. The van der Waals surface area contributed by atoms with E-state index in [1.165, 1.54) is 18.9 Å². The SMILES string of the molecule is CCOC(=O)C(NCC1CC1)c1ccc(F)c(Br)c1. The van der Waals surface area contributed by atoms with Gasteiger partial charge >= 0.3 is 5.97 Å². The molecule has 1 aromatic carbocycles. The summed E-state index contributed by atoms with van der Waals surface area (Å²) in [6, 6.07) is 4.06. The lowest BCUT2D eigenvalue weighted by atomic mass is 10.1. The fraction of sp³-hybridized carbons (Fsp3) is 0.500. The molecule has 2 rings (SSSR count). The smallest absolute Gasteiger partial charge is 0.327 e. The third-order valence-electron chi connectivity index (χ3n) is 3.11. The minimum absolute atomic E-state index is 0.318. The lowest BCUT2D eigenvalue weighted by Crippen LogP contribution is -2.31. The van der Waals surface area contributed by atoms with E-state index in [4.69, 9.17) is 4.74 Å². The van der Waals surface area contributed by atoms with Crippen LogP contribution in [-0.2, 0) is 9.53 Å². The molecule has 0 radical (unpaired) electrons. The molecule has 0 bridgehead atoms.